The first-order valence-electron chi connectivity index (χ1n) is 12.1. The van der Waals surface area contributed by atoms with Crippen molar-refractivity contribution in [3.05, 3.63) is 62.6 Å². The molecule has 1 amide bonds. The van der Waals surface area contributed by atoms with Crippen molar-refractivity contribution in [1.29, 1.82) is 0 Å². The summed E-state index contributed by atoms with van der Waals surface area (Å²) in [7, 11) is 0. The van der Waals surface area contributed by atoms with Gasteiger partial charge in [0.15, 0.2) is 0 Å². The number of hydrogen-bond donors (Lipinski definition) is 1. The normalized spacial score (nSPS) is 16.5. The minimum Gasteiger partial charge on any atom is -0.478 e. The fourth-order valence-corrected chi connectivity index (χ4v) is 5.68. The summed E-state index contributed by atoms with van der Waals surface area (Å²) in [5.74, 6) is -3.95. The highest BCUT2D eigenvalue weighted by molar-refractivity contribution is 6.42. The van der Waals surface area contributed by atoms with E-state index in [4.69, 9.17) is 39.5 Å². The van der Waals surface area contributed by atoms with Crippen LogP contribution in [0.25, 0.3) is 0 Å². The molecule has 10 heteroatoms. The summed E-state index contributed by atoms with van der Waals surface area (Å²) < 4.78 is 5.70. The van der Waals surface area contributed by atoms with Gasteiger partial charge >= 0.3 is 11.9 Å². The molecule has 0 atom stereocenters. The monoisotopic (exact) mass is 581 g/mol. The van der Waals surface area contributed by atoms with Crippen molar-refractivity contribution in [2.75, 3.05) is 4.90 Å². The molecule has 2 aromatic carbocycles. The fourth-order valence-electron chi connectivity index (χ4n) is 5.11. The Morgan fingerprint density at radius 2 is 1.55 bits per heavy atom. The molecule has 204 valence electrons. The third-order valence-corrected chi connectivity index (χ3v) is 8.00. The van der Waals surface area contributed by atoms with E-state index in [0.29, 0.717) is 10.6 Å². The number of ketones is 1. The highest BCUT2D eigenvalue weighted by atomic mass is 35.5. The first kappa shape index (κ1) is 29.9. The van der Waals surface area contributed by atoms with Crippen molar-refractivity contribution in [3.63, 3.8) is 0 Å². The Balaban J connectivity index is 1.85. The van der Waals surface area contributed by atoms with E-state index in [0.717, 1.165) is 19.3 Å². The lowest BCUT2D eigenvalue weighted by Crippen LogP contribution is -2.49. The molecule has 1 aliphatic rings. The van der Waals surface area contributed by atoms with Gasteiger partial charge in [0.05, 0.1) is 33.6 Å². The van der Waals surface area contributed by atoms with E-state index in [2.05, 4.69) is 0 Å². The topological polar surface area (TPSA) is 101 Å². The van der Waals surface area contributed by atoms with E-state index in [1.54, 1.807) is 18.2 Å². The molecular formula is C28H30Cl3NO6. The van der Waals surface area contributed by atoms with Gasteiger partial charge in [-0.15, -0.1) is 0 Å². The van der Waals surface area contributed by atoms with Crippen LogP contribution in [0, 0.1) is 10.8 Å². The Kier molecular flexibility index (Phi) is 9.17. The molecule has 0 bridgehead atoms. The maximum Gasteiger partial charge on any atom is 0.375 e. The first-order valence-corrected chi connectivity index (χ1v) is 13.3. The van der Waals surface area contributed by atoms with Crippen LogP contribution in [-0.4, -0.2) is 34.8 Å². The summed E-state index contributed by atoms with van der Waals surface area (Å²) >= 11 is 18.3. The minimum absolute atomic E-state index is 0.0382. The van der Waals surface area contributed by atoms with Crippen molar-refractivity contribution in [1.82, 2.24) is 0 Å². The van der Waals surface area contributed by atoms with Gasteiger partial charge in [-0.2, -0.15) is 0 Å². The van der Waals surface area contributed by atoms with Crippen molar-refractivity contribution >= 4 is 64.1 Å². The number of rotatable bonds is 8. The molecule has 2 aromatic rings. The summed E-state index contributed by atoms with van der Waals surface area (Å²) in [6.45, 7) is 7.98. The lowest BCUT2D eigenvalue weighted by Gasteiger charge is -2.47. The molecule has 0 radical (unpaired) electrons. The molecule has 0 aliphatic heterocycles. The van der Waals surface area contributed by atoms with Gasteiger partial charge < -0.3 is 14.7 Å². The van der Waals surface area contributed by atoms with Crippen LogP contribution in [0.1, 0.15) is 69.3 Å². The minimum atomic E-state index is -1.23. The molecule has 0 saturated heterocycles. The number of ether oxygens (including phenoxy) is 1. The molecule has 1 saturated carbocycles. The summed E-state index contributed by atoms with van der Waals surface area (Å²) in [5, 5.41) is 9.81. The van der Waals surface area contributed by atoms with E-state index in [1.807, 2.05) is 27.7 Å². The Morgan fingerprint density at radius 3 is 2.11 bits per heavy atom. The van der Waals surface area contributed by atoms with Gasteiger partial charge in [0, 0.05) is 16.5 Å². The number of carbonyl (C=O) groups excluding carboxylic acids is 3. The van der Waals surface area contributed by atoms with E-state index < -0.39 is 36.2 Å². The lowest BCUT2D eigenvalue weighted by atomic mass is 9.63. The van der Waals surface area contributed by atoms with Crippen LogP contribution in [0.15, 0.2) is 36.4 Å². The maximum absolute atomic E-state index is 13.4. The Labute approximate surface area is 237 Å². The second-order valence-electron chi connectivity index (χ2n) is 10.9. The number of Topliss-reactive ketones (excluding diaryl/α,β-unsaturated/α-hetero) is 1. The molecule has 38 heavy (non-hydrogen) atoms. The summed E-state index contributed by atoms with van der Waals surface area (Å²) in [5.41, 5.74) is 0.0578. The van der Waals surface area contributed by atoms with Crippen molar-refractivity contribution in [2.45, 2.75) is 66.0 Å². The quantitative estimate of drug-likeness (QED) is 0.205. The van der Waals surface area contributed by atoms with Gasteiger partial charge in [0.2, 0.25) is 11.7 Å². The fraction of sp³-hybridized carbons (Fsp3) is 0.429. The Bertz CT molecular complexity index is 1260. The van der Waals surface area contributed by atoms with E-state index in [9.17, 15) is 24.3 Å². The summed E-state index contributed by atoms with van der Waals surface area (Å²) in [6.07, 6.45) is 1.47. The highest BCUT2D eigenvalue weighted by Gasteiger charge is 2.47. The smallest absolute Gasteiger partial charge is 0.375 e. The number of carbonyl (C=O) groups is 4. The predicted molar refractivity (Wildman–Crippen MR) is 147 cm³/mol. The van der Waals surface area contributed by atoms with Crippen molar-refractivity contribution in [2.24, 2.45) is 10.8 Å². The average Bonchev–Trinajstić information content (AvgIpc) is 2.81. The van der Waals surface area contributed by atoms with E-state index in [1.165, 1.54) is 23.1 Å². The zero-order valence-electron chi connectivity index (χ0n) is 21.6. The molecule has 1 aliphatic carbocycles. The molecule has 1 N–H and O–H groups in total. The number of amides is 1. The molecule has 3 rings (SSSR count). The number of nitrogens with zero attached hydrogens (tertiary/aromatic N) is 1. The zero-order valence-corrected chi connectivity index (χ0v) is 23.9. The molecule has 0 aromatic heterocycles. The third kappa shape index (κ3) is 6.87. The zero-order chi connectivity index (χ0) is 28.4. The average molecular weight is 583 g/mol. The van der Waals surface area contributed by atoms with Crippen LogP contribution in [0.2, 0.25) is 15.1 Å². The van der Waals surface area contributed by atoms with Crippen molar-refractivity contribution in [3.8, 4) is 0 Å². The van der Waals surface area contributed by atoms with Gasteiger partial charge in [-0.05, 0) is 48.7 Å². The molecule has 0 spiro atoms. The number of carboxylic acid groups (broad SMARTS) is 1. The van der Waals surface area contributed by atoms with Crippen molar-refractivity contribution < 1.29 is 29.0 Å². The summed E-state index contributed by atoms with van der Waals surface area (Å²) in [6, 6.07) is 8.78. The largest absolute Gasteiger partial charge is 0.478 e. The molecule has 0 heterocycles. The second kappa shape index (κ2) is 11.6. The SMILES string of the molecule is CC1(C)CCCC(C)(C)C1OC(=O)C(=O)CC(=O)N(Cc1ccc(Cl)c(Cl)c1)c1ccc(C(=O)O)c(Cl)c1. The van der Waals surface area contributed by atoms with Crippen LogP contribution in [0.4, 0.5) is 5.69 Å². The van der Waals surface area contributed by atoms with Crippen LogP contribution >= 0.6 is 34.8 Å². The summed E-state index contributed by atoms with van der Waals surface area (Å²) in [4.78, 5) is 51.7. The third-order valence-electron chi connectivity index (χ3n) is 6.95. The number of benzene rings is 2. The van der Waals surface area contributed by atoms with Crippen LogP contribution in [0.3, 0.4) is 0 Å². The van der Waals surface area contributed by atoms with Gasteiger partial charge in [-0.1, -0.05) is 75.0 Å². The highest BCUT2D eigenvalue weighted by Crippen LogP contribution is 2.47. The molecule has 0 unspecified atom stereocenters. The number of esters is 1. The van der Waals surface area contributed by atoms with Crippen LogP contribution < -0.4 is 4.90 Å². The number of anilines is 1. The second-order valence-corrected chi connectivity index (χ2v) is 12.1. The van der Waals surface area contributed by atoms with Gasteiger partial charge in [-0.25, -0.2) is 9.59 Å². The Hall–Kier alpha value is -2.61. The number of aromatic carboxylic acids is 1. The van der Waals surface area contributed by atoms with E-state index in [-0.39, 0.29) is 38.7 Å². The standard InChI is InChI=1S/C28H30Cl3NO6/c1-27(2)10-5-11-28(3,4)26(27)38-25(37)22(33)14-23(34)32(15-16-6-9-19(29)21(31)12-16)17-7-8-18(24(35)36)20(30)13-17/h6-9,12-13,26H,5,10-11,14-15H2,1-4H3,(H,35,36). The maximum atomic E-state index is 13.4. The van der Waals surface area contributed by atoms with Gasteiger partial charge in [0.1, 0.15) is 6.10 Å². The Morgan fingerprint density at radius 1 is 0.921 bits per heavy atom. The van der Waals surface area contributed by atoms with Crippen LogP contribution in [-0.2, 0) is 25.7 Å². The number of hydrogen-bond acceptors (Lipinski definition) is 5. The number of halogens is 3. The first-order chi connectivity index (χ1) is 17.6. The predicted octanol–water partition coefficient (Wildman–Crippen LogP) is 6.99. The lowest BCUT2D eigenvalue weighted by molar-refractivity contribution is -0.176. The van der Waals surface area contributed by atoms with Gasteiger partial charge in [0.25, 0.3) is 0 Å². The van der Waals surface area contributed by atoms with E-state index >= 15 is 0 Å². The van der Waals surface area contributed by atoms with Gasteiger partial charge in [-0.3, -0.25) is 9.59 Å². The van der Waals surface area contributed by atoms with Crippen LogP contribution in [0.5, 0.6) is 0 Å². The molecule has 1 fully saturated rings. The molecule has 7 nitrogen and oxygen atoms in total. The number of carboxylic acids is 1. The molecular weight excluding hydrogens is 553 g/mol.